The molecule has 1 amide bonds. The van der Waals surface area contributed by atoms with Crippen LogP contribution in [0.2, 0.25) is 0 Å². The van der Waals surface area contributed by atoms with E-state index >= 15 is 0 Å². The van der Waals surface area contributed by atoms with Crippen LogP contribution in [-0.4, -0.2) is 17.7 Å². The van der Waals surface area contributed by atoms with Gasteiger partial charge >= 0.3 is 0 Å². The topological polar surface area (TPSA) is 63.4 Å². The number of benzene rings is 2. The van der Waals surface area contributed by atoms with Gasteiger partial charge in [0.05, 0.1) is 16.6 Å². The summed E-state index contributed by atoms with van der Waals surface area (Å²) in [4.78, 5) is 16.2. The van der Waals surface area contributed by atoms with Gasteiger partial charge in [0.25, 0.3) is 0 Å². The quantitative estimate of drug-likeness (QED) is 0.775. The molecular formula is C19H16N2O3. The van der Waals surface area contributed by atoms with E-state index in [1.165, 1.54) is 0 Å². The Morgan fingerprint density at radius 3 is 2.83 bits per heavy atom. The van der Waals surface area contributed by atoms with Crippen LogP contribution in [0.5, 0.6) is 11.5 Å². The summed E-state index contributed by atoms with van der Waals surface area (Å²) in [6.07, 6.45) is 3.57. The Hall–Kier alpha value is -2.95. The summed E-state index contributed by atoms with van der Waals surface area (Å²) in [5.74, 6) is 1.49. The number of carbonyl (C=O) groups is 1. The number of amides is 1. The minimum atomic E-state index is -0.463. The Balaban J connectivity index is 1.47. The molecule has 1 fully saturated rings. The largest absolute Gasteiger partial charge is 0.454 e. The van der Waals surface area contributed by atoms with E-state index in [-0.39, 0.29) is 12.7 Å². The zero-order valence-electron chi connectivity index (χ0n) is 13.0. The van der Waals surface area contributed by atoms with E-state index in [4.69, 9.17) is 9.47 Å². The predicted octanol–water partition coefficient (Wildman–Crippen LogP) is 3.57. The number of hydrogen-bond acceptors (Lipinski definition) is 3. The number of hydrogen-bond donors (Lipinski definition) is 2. The Morgan fingerprint density at radius 2 is 1.96 bits per heavy atom. The third-order valence-electron chi connectivity index (χ3n) is 4.95. The highest BCUT2D eigenvalue weighted by Crippen LogP contribution is 2.51. The van der Waals surface area contributed by atoms with E-state index in [9.17, 15) is 4.79 Å². The van der Waals surface area contributed by atoms with Crippen molar-refractivity contribution in [2.45, 2.75) is 18.3 Å². The number of H-pyrrole nitrogens is 1. The van der Waals surface area contributed by atoms with Crippen molar-refractivity contribution in [1.82, 2.24) is 4.98 Å². The maximum Gasteiger partial charge on any atom is 0.235 e. The van der Waals surface area contributed by atoms with Crippen LogP contribution in [0.25, 0.3) is 10.9 Å². The number of rotatable bonds is 3. The number of anilines is 1. The number of carbonyl (C=O) groups excluding carboxylic acids is 1. The van der Waals surface area contributed by atoms with Crippen LogP contribution >= 0.6 is 0 Å². The van der Waals surface area contributed by atoms with E-state index < -0.39 is 5.41 Å². The summed E-state index contributed by atoms with van der Waals surface area (Å²) >= 11 is 0. The lowest BCUT2D eigenvalue weighted by molar-refractivity contribution is -0.118. The number of para-hydroxylation sites is 1. The molecule has 5 rings (SSSR count). The summed E-state index contributed by atoms with van der Waals surface area (Å²) in [5, 5.41) is 4.18. The predicted molar refractivity (Wildman–Crippen MR) is 90.4 cm³/mol. The van der Waals surface area contributed by atoms with E-state index in [0.717, 1.165) is 46.5 Å². The summed E-state index contributed by atoms with van der Waals surface area (Å²) in [6, 6.07) is 13.7. The first-order chi connectivity index (χ1) is 11.8. The van der Waals surface area contributed by atoms with Gasteiger partial charge in [-0.05, 0) is 42.7 Å². The molecule has 120 valence electrons. The highest BCUT2D eigenvalue weighted by Gasteiger charge is 2.51. The Bertz CT molecular complexity index is 956. The summed E-state index contributed by atoms with van der Waals surface area (Å²) in [7, 11) is 0. The van der Waals surface area contributed by atoms with Gasteiger partial charge in [0.1, 0.15) is 0 Å². The second kappa shape index (κ2) is 4.77. The van der Waals surface area contributed by atoms with Crippen LogP contribution in [0.1, 0.15) is 18.4 Å². The molecule has 1 aliphatic carbocycles. The monoisotopic (exact) mass is 320 g/mol. The number of aromatic nitrogens is 1. The molecule has 2 aromatic carbocycles. The first kappa shape index (κ1) is 13.5. The summed E-state index contributed by atoms with van der Waals surface area (Å²) in [5.41, 5.74) is 2.29. The molecule has 3 aromatic rings. The fraction of sp³-hybridized carbons (Fsp3) is 0.211. The van der Waals surface area contributed by atoms with Crippen molar-refractivity contribution in [1.29, 1.82) is 0 Å². The average Bonchev–Trinajstić information content (AvgIpc) is 3.05. The van der Waals surface area contributed by atoms with Gasteiger partial charge in [0, 0.05) is 11.6 Å². The van der Waals surface area contributed by atoms with Crippen LogP contribution in [-0.2, 0) is 10.2 Å². The molecule has 0 bridgehead atoms. The molecule has 0 spiro atoms. The molecule has 2 aliphatic rings. The zero-order valence-corrected chi connectivity index (χ0v) is 13.0. The molecule has 5 heteroatoms. The van der Waals surface area contributed by atoms with E-state index in [2.05, 4.69) is 10.3 Å². The molecule has 2 N–H and O–H groups in total. The molecule has 0 unspecified atom stereocenters. The van der Waals surface area contributed by atoms with Crippen molar-refractivity contribution >= 4 is 22.5 Å². The number of fused-ring (bicyclic) bond motifs is 2. The first-order valence-corrected chi connectivity index (χ1v) is 8.04. The van der Waals surface area contributed by atoms with Crippen LogP contribution in [0.3, 0.4) is 0 Å². The summed E-state index contributed by atoms with van der Waals surface area (Å²) < 4.78 is 10.8. The molecule has 0 atom stereocenters. The Labute approximate surface area is 138 Å². The second-order valence-corrected chi connectivity index (χ2v) is 6.35. The van der Waals surface area contributed by atoms with Crippen molar-refractivity contribution in [2.75, 3.05) is 12.1 Å². The molecule has 5 nitrogen and oxygen atoms in total. The fourth-order valence-electron chi connectivity index (χ4n) is 3.40. The normalized spacial score (nSPS) is 17.0. The molecule has 0 saturated heterocycles. The molecule has 1 aromatic heterocycles. The maximum absolute atomic E-state index is 13.0. The van der Waals surface area contributed by atoms with Crippen molar-refractivity contribution in [3.63, 3.8) is 0 Å². The van der Waals surface area contributed by atoms with Crippen molar-refractivity contribution < 1.29 is 14.3 Å². The van der Waals surface area contributed by atoms with Crippen LogP contribution in [0.15, 0.2) is 48.7 Å². The lowest BCUT2D eigenvalue weighted by atomic mass is 9.94. The molecule has 24 heavy (non-hydrogen) atoms. The lowest BCUT2D eigenvalue weighted by Crippen LogP contribution is -2.27. The highest BCUT2D eigenvalue weighted by molar-refractivity contribution is 6.06. The van der Waals surface area contributed by atoms with E-state index in [0.29, 0.717) is 0 Å². The summed E-state index contributed by atoms with van der Waals surface area (Å²) in [6.45, 7) is 0.243. The number of nitrogens with one attached hydrogen (secondary N) is 2. The minimum Gasteiger partial charge on any atom is -0.454 e. The Morgan fingerprint density at radius 1 is 1.08 bits per heavy atom. The van der Waals surface area contributed by atoms with Crippen molar-refractivity contribution in [2.24, 2.45) is 0 Å². The first-order valence-electron chi connectivity index (χ1n) is 8.04. The average molecular weight is 320 g/mol. The zero-order chi connectivity index (χ0) is 16.1. The lowest BCUT2D eigenvalue weighted by Gasteiger charge is -2.16. The van der Waals surface area contributed by atoms with Crippen LogP contribution in [0, 0.1) is 0 Å². The van der Waals surface area contributed by atoms with Gasteiger partial charge in [-0.3, -0.25) is 4.79 Å². The van der Waals surface area contributed by atoms with Gasteiger partial charge in [-0.1, -0.05) is 18.2 Å². The fourth-order valence-corrected chi connectivity index (χ4v) is 3.40. The Kier molecular flexibility index (Phi) is 2.68. The highest BCUT2D eigenvalue weighted by atomic mass is 16.7. The van der Waals surface area contributed by atoms with Crippen molar-refractivity contribution in [3.8, 4) is 11.5 Å². The number of ether oxygens (including phenoxy) is 2. The van der Waals surface area contributed by atoms with Crippen LogP contribution in [0.4, 0.5) is 5.69 Å². The number of aromatic amines is 1. The molecule has 1 saturated carbocycles. The third-order valence-corrected chi connectivity index (χ3v) is 4.95. The van der Waals surface area contributed by atoms with Gasteiger partial charge in [0.15, 0.2) is 11.5 Å². The van der Waals surface area contributed by atoms with Crippen molar-refractivity contribution in [3.05, 3.63) is 54.2 Å². The molecule has 1 aliphatic heterocycles. The standard InChI is InChI=1S/C19H16N2O3/c22-18(21-14-3-1-2-12-6-9-20-17(12)14)19(7-8-19)13-4-5-15-16(10-13)24-11-23-15/h1-6,9-10,20H,7-8,11H2,(H,21,22). The smallest absolute Gasteiger partial charge is 0.235 e. The van der Waals surface area contributed by atoms with Gasteiger partial charge in [0.2, 0.25) is 12.7 Å². The maximum atomic E-state index is 13.0. The second-order valence-electron chi connectivity index (χ2n) is 6.35. The minimum absolute atomic E-state index is 0.0310. The SMILES string of the molecule is O=C(Nc1cccc2cc[nH]c12)C1(c2ccc3c(c2)OCO3)CC1. The van der Waals surface area contributed by atoms with E-state index in [1.807, 2.05) is 48.7 Å². The molecule has 2 heterocycles. The van der Waals surface area contributed by atoms with Gasteiger partial charge in [-0.15, -0.1) is 0 Å². The van der Waals surface area contributed by atoms with E-state index in [1.54, 1.807) is 0 Å². The molecule has 0 radical (unpaired) electrons. The molecular weight excluding hydrogens is 304 g/mol. The van der Waals surface area contributed by atoms with Gasteiger partial charge in [-0.25, -0.2) is 0 Å². The van der Waals surface area contributed by atoms with Gasteiger partial charge < -0.3 is 19.8 Å². The van der Waals surface area contributed by atoms with Gasteiger partial charge in [-0.2, -0.15) is 0 Å². The van der Waals surface area contributed by atoms with Crippen LogP contribution < -0.4 is 14.8 Å². The third kappa shape index (κ3) is 1.91.